The van der Waals surface area contributed by atoms with Crippen LogP contribution in [-0.4, -0.2) is 41.0 Å². The van der Waals surface area contributed by atoms with Crippen molar-refractivity contribution in [3.8, 4) is 5.75 Å². The molecule has 0 aromatic heterocycles. The maximum Gasteiger partial charge on any atom is 0.344 e. The number of aliphatic carboxylic acids is 1. The molecule has 0 saturated heterocycles. The minimum Gasteiger partial charge on any atom is -0.482 e. The molecule has 1 aromatic carbocycles. The summed E-state index contributed by atoms with van der Waals surface area (Å²) in [4.78, 5) is 22.8. The summed E-state index contributed by atoms with van der Waals surface area (Å²) in [6.45, 7) is 3.59. The first kappa shape index (κ1) is 24.6. The highest BCUT2D eigenvalue weighted by Gasteiger charge is 2.39. The van der Waals surface area contributed by atoms with Gasteiger partial charge < -0.3 is 19.7 Å². The number of carbonyl (C=O) groups excluding carboxylic acids is 1. The van der Waals surface area contributed by atoms with Crippen molar-refractivity contribution in [1.29, 1.82) is 0 Å². The Hall–Kier alpha value is -2.08. The van der Waals surface area contributed by atoms with Crippen molar-refractivity contribution in [1.82, 2.24) is 0 Å². The lowest BCUT2D eigenvalue weighted by atomic mass is 9.73. The SMILES string of the molecule is CC(O)CCC1CCC2Cc3c(cccc3OCC(=O)OC(C)CCCCC(=O)O)CC12. The quantitative estimate of drug-likeness (QED) is 0.362. The summed E-state index contributed by atoms with van der Waals surface area (Å²) in [7, 11) is 0. The maximum atomic E-state index is 12.2. The summed E-state index contributed by atoms with van der Waals surface area (Å²) < 4.78 is 11.3. The number of unbranched alkanes of at least 4 members (excludes halogenated alkanes) is 1. The van der Waals surface area contributed by atoms with E-state index in [0.717, 1.165) is 31.4 Å². The van der Waals surface area contributed by atoms with Crippen LogP contribution >= 0.6 is 0 Å². The molecule has 1 saturated carbocycles. The molecule has 0 amide bonds. The van der Waals surface area contributed by atoms with Crippen LogP contribution in [0.15, 0.2) is 18.2 Å². The zero-order valence-corrected chi connectivity index (χ0v) is 19.4. The lowest BCUT2D eigenvalue weighted by Crippen LogP contribution is -2.26. The van der Waals surface area contributed by atoms with Crippen LogP contribution in [0.5, 0.6) is 5.75 Å². The first-order chi connectivity index (χ1) is 15.3. The van der Waals surface area contributed by atoms with Gasteiger partial charge in [0.15, 0.2) is 6.61 Å². The Morgan fingerprint density at radius 3 is 2.69 bits per heavy atom. The molecule has 5 unspecified atom stereocenters. The summed E-state index contributed by atoms with van der Waals surface area (Å²) in [5.41, 5.74) is 2.56. The largest absolute Gasteiger partial charge is 0.482 e. The van der Waals surface area contributed by atoms with E-state index in [4.69, 9.17) is 14.6 Å². The van der Waals surface area contributed by atoms with E-state index >= 15 is 0 Å². The van der Waals surface area contributed by atoms with Crippen LogP contribution in [-0.2, 0) is 27.2 Å². The number of aliphatic hydroxyl groups excluding tert-OH is 1. The Balaban J connectivity index is 1.49. The first-order valence-corrected chi connectivity index (χ1v) is 12.2. The molecule has 1 aromatic rings. The van der Waals surface area contributed by atoms with Crippen LogP contribution in [0.4, 0.5) is 0 Å². The Bertz CT molecular complexity index is 774. The van der Waals surface area contributed by atoms with Crippen LogP contribution in [0.25, 0.3) is 0 Å². The lowest BCUT2D eigenvalue weighted by Gasteiger charge is -2.32. The van der Waals surface area contributed by atoms with Crippen LogP contribution < -0.4 is 4.74 Å². The van der Waals surface area contributed by atoms with Gasteiger partial charge in [0.1, 0.15) is 5.75 Å². The van der Waals surface area contributed by atoms with Gasteiger partial charge in [-0.25, -0.2) is 4.79 Å². The number of benzene rings is 1. The second-order valence-electron chi connectivity index (χ2n) is 9.72. The van der Waals surface area contributed by atoms with Gasteiger partial charge in [-0.3, -0.25) is 4.79 Å². The second kappa shape index (κ2) is 11.7. The summed E-state index contributed by atoms with van der Waals surface area (Å²) >= 11 is 0. The smallest absolute Gasteiger partial charge is 0.344 e. The average molecular weight is 447 g/mol. The van der Waals surface area contributed by atoms with E-state index in [1.807, 2.05) is 26.0 Å². The zero-order valence-electron chi connectivity index (χ0n) is 19.4. The molecule has 32 heavy (non-hydrogen) atoms. The number of carbonyl (C=O) groups is 2. The third-order valence-corrected chi connectivity index (χ3v) is 7.16. The van der Waals surface area contributed by atoms with E-state index in [1.54, 1.807) is 0 Å². The Morgan fingerprint density at radius 1 is 1.12 bits per heavy atom. The molecule has 1 fully saturated rings. The minimum absolute atomic E-state index is 0.110. The van der Waals surface area contributed by atoms with Crippen molar-refractivity contribution in [3.05, 3.63) is 29.3 Å². The monoisotopic (exact) mass is 446 g/mol. The zero-order chi connectivity index (χ0) is 23.1. The molecule has 0 radical (unpaired) electrons. The summed E-state index contributed by atoms with van der Waals surface area (Å²) in [6, 6.07) is 6.13. The Labute approximate surface area is 191 Å². The van der Waals surface area contributed by atoms with Gasteiger partial charge in [0.05, 0.1) is 12.2 Å². The molecule has 178 valence electrons. The lowest BCUT2D eigenvalue weighted by molar-refractivity contribution is -0.151. The fourth-order valence-corrected chi connectivity index (χ4v) is 5.49. The summed E-state index contributed by atoms with van der Waals surface area (Å²) in [5, 5.41) is 18.3. The molecule has 5 atom stereocenters. The second-order valence-corrected chi connectivity index (χ2v) is 9.72. The molecular formula is C26H38O6. The normalized spacial score (nSPS) is 23.7. The van der Waals surface area contributed by atoms with E-state index in [1.165, 1.54) is 24.0 Å². The van der Waals surface area contributed by atoms with E-state index < -0.39 is 5.97 Å². The van der Waals surface area contributed by atoms with Crippen molar-refractivity contribution >= 4 is 11.9 Å². The molecule has 3 rings (SSSR count). The van der Waals surface area contributed by atoms with Gasteiger partial charge >= 0.3 is 11.9 Å². The van der Waals surface area contributed by atoms with E-state index in [2.05, 4.69) is 6.07 Å². The number of carboxylic acids is 1. The molecule has 6 nitrogen and oxygen atoms in total. The third kappa shape index (κ3) is 6.96. The minimum atomic E-state index is -0.798. The highest BCUT2D eigenvalue weighted by Crippen LogP contribution is 2.48. The highest BCUT2D eigenvalue weighted by atomic mass is 16.6. The van der Waals surface area contributed by atoms with Gasteiger partial charge in [-0.2, -0.15) is 0 Å². The van der Waals surface area contributed by atoms with Crippen LogP contribution in [0, 0.1) is 17.8 Å². The van der Waals surface area contributed by atoms with Crippen LogP contribution in [0.3, 0.4) is 0 Å². The van der Waals surface area contributed by atoms with Gasteiger partial charge in [0.25, 0.3) is 0 Å². The molecule has 0 heterocycles. The van der Waals surface area contributed by atoms with Gasteiger partial charge in [-0.05, 0) is 107 Å². The average Bonchev–Trinajstić information content (AvgIpc) is 3.14. The fourth-order valence-electron chi connectivity index (χ4n) is 5.49. The molecular weight excluding hydrogens is 408 g/mol. The summed E-state index contributed by atoms with van der Waals surface area (Å²) in [6.07, 6.45) is 8.13. The van der Waals surface area contributed by atoms with Crippen molar-refractivity contribution in [2.45, 2.75) is 90.3 Å². The molecule has 0 aliphatic heterocycles. The molecule has 0 bridgehead atoms. The molecule has 2 aliphatic carbocycles. The van der Waals surface area contributed by atoms with E-state index in [0.29, 0.717) is 37.0 Å². The third-order valence-electron chi connectivity index (χ3n) is 7.16. The fraction of sp³-hybridized carbons (Fsp3) is 0.692. The van der Waals surface area contributed by atoms with Crippen molar-refractivity contribution in [2.75, 3.05) is 6.61 Å². The topological polar surface area (TPSA) is 93.1 Å². The van der Waals surface area contributed by atoms with Gasteiger partial charge in [-0.15, -0.1) is 0 Å². The van der Waals surface area contributed by atoms with Crippen LogP contribution in [0.2, 0.25) is 0 Å². The highest BCUT2D eigenvalue weighted by molar-refractivity contribution is 5.71. The Morgan fingerprint density at radius 2 is 1.94 bits per heavy atom. The number of ether oxygens (including phenoxy) is 2. The van der Waals surface area contributed by atoms with Gasteiger partial charge in [-0.1, -0.05) is 12.1 Å². The standard InChI is InChI=1S/C26H38O6/c1-17(27)10-11-19-12-13-21-15-23-20(14-22(19)21)7-5-8-24(23)31-16-26(30)32-18(2)6-3-4-9-25(28)29/h5,7-8,17-19,21-22,27H,3-4,6,9-16H2,1-2H3,(H,28,29). The number of fused-ring (bicyclic) bond motifs is 2. The van der Waals surface area contributed by atoms with E-state index in [-0.39, 0.29) is 31.2 Å². The predicted molar refractivity (Wildman–Crippen MR) is 122 cm³/mol. The predicted octanol–water partition coefficient (Wildman–Crippen LogP) is 4.54. The summed E-state index contributed by atoms with van der Waals surface area (Å²) in [5.74, 6) is 1.64. The molecule has 2 aliphatic rings. The van der Waals surface area contributed by atoms with E-state index in [9.17, 15) is 14.7 Å². The van der Waals surface area contributed by atoms with Gasteiger partial charge in [0, 0.05) is 6.42 Å². The number of hydrogen-bond acceptors (Lipinski definition) is 5. The Kier molecular flexibility index (Phi) is 8.97. The maximum absolute atomic E-state index is 12.2. The number of esters is 1. The van der Waals surface area contributed by atoms with Crippen molar-refractivity contribution in [2.24, 2.45) is 17.8 Å². The van der Waals surface area contributed by atoms with Crippen LogP contribution in [0.1, 0.15) is 76.3 Å². The molecule has 6 heteroatoms. The first-order valence-electron chi connectivity index (χ1n) is 12.2. The molecule has 2 N–H and O–H groups in total. The number of carboxylic acid groups (broad SMARTS) is 1. The van der Waals surface area contributed by atoms with Crippen molar-refractivity contribution in [3.63, 3.8) is 0 Å². The van der Waals surface area contributed by atoms with Gasteiger partial charge in [0.2, 0.25) is 0 Å². The molecule has 0 spiro atoms. The number of aliphatic hydroxyl groups is 1. The number of rotatable bonds is 12. The number of hydrogen-bond donors (Lipinski definition) is 2. The van der Waals surface area contributed by atoms with Crippen molar-refractivity contribution < 1.29 is 29.3 Å².